The van der Waals surface area contributed by atoms with Crippen molar-refractivity contribution in [3.8, 4) is 0 Å². The molecule has 1 heteroatoms. The van der Waals surface area contributed by atoms with Crippen molar-refractivity contribution >= 4 is 6.08 Å². The minimum atomic E-state index is 1.08. The zero-order valence-electron chi connectivity index (χ0n) is 8.38. The Balaban J connectivity index is 3.07. The second-order valence-electron chi connectivity index (χ2n) is 3.15. The maximum Gasteiger partial charge on any atom is -0.00564 e. The molecule has 0 saturated heterocycles. The highest BCUT2D eigenvalue weighted by Crippen LogP contribution is 2.12. The maximum absolute atomic E-state index is 5.36. The third-order valence-electron chi connectivity index (χ3n) is 2.18. The van der Waals surface area contributed by atoms with Crippen molar-refractivity contribution in [3.05, 3.63) is 41.1 Å². The van der Waals surface area contributed by atoms with Crippen molar-refractivity contribution in [1.29, 1.82) is 0 Å². The highest BCUT2D eigenvalue weighted by molar-refractivity contribution is 5.51. The summed E-state index contributed by atoms with van der Waals surface area (Å²) in [6.45, 7) is 4.34. The topological polar surface area (TPSA) is 26.0 Å². The van der Waals surface area contributed by atoms with Gasteiger partial charge < -0.3 is 5.73 Å². The fourth-order valence-electron chi connectivity index (χ4n) is 1.41. The summed E-state index contributed by atoms with van der Waals surface area (Å²) in [5.74, 6) is 0. The third-order valence-corrected chi connectivity index (χ3v) is 2.18. The van der Waals surface area contributed by atoms with Gasteiger partial charge in [0, 0.05) is 0 Å². The first-order chi connectivity index (χ1) is 6.30. The van der Waals surface area contributed by atoms with Gasteiger partial charge >= 0.3 is 0 Å². The third kappa shape index (κ3) is 2.62. The van der Waals surface area contributed by atoms with E-state index in [-0.39, 0.29) is 0 Å². The van der Waals surface area contributed by atoms with Gasteiger partial charge in [0.1, 0.15) is 0 Å². The second kappa shape index (κ2) is 4.70. The highest BCUT2D eigenvalue weighted by atomic mass is 14.5. The van der Waals surface area contributed by atoms with Gasteiger partial charge in [0.15, 0.2) is 0 Å². The molecule has 70 valence electrons. The molecule has 0 radical (unpaired) electrons. The van der Waals surface area contributed by atoms with Crippen molar-refractivity contribution in [2.75, 3.05) is 0 Å². The van der Waals surface area contributed by atoms with Crippen LogP contribution in [0.15, 0.2) is 24.4 Å². The largest absolute Gasteiger partial charge is 0.405 e. The molecule has 1 aromatic rings. The second-order valence-corrected chi connectivity index (χ2v) is 3.15. The SMILES string of the molecule is CCc1cc(C=CN)cc(CC)c1. The first-order valence-electron chi connectivity index (χ1n) is 4.81. The molecule has 0 spiro atoms. The van der Waals surface area contributed by atoms with Crippen LogP contribution in [0, 0.1) is 0 Å². The molecule has 1 aromatic carbocycles. The minimum absolute atomic E-state index is 1.08. The van der Waals surface area contributed by atoms with Gasteiger partial charge in [-0.2, -0.15) is 0 Å². The standard InChI is InChI=1S/C12H17N/c1-3-10-7-11(4-2)9-12(8-10)5-6-13/h5-9H,3-4,13H2,1-2H3. The van der Waals surface area contributed by atoms with Gasteiger partial charge in [-0.3, -0.25) is 0 Å². The number of aryl methyl sites for hydroxylation is 2. The molecule has 0 unspecified atom stereocenters. The highest BCUT2D eigenvalue weighted by Gasteiger charge is 1.95. The van der Waals surface area contributed by atoms with Crippen LogP contribution in [0.4, 0.5) is 0 Å². The Kier molecular flexibility index (Phi) is 3.56. The Bertz CT molecular complexity index is 278. The molecular weight excluding hydrogens is 158 g/mol. The first-order valence-corrected chi connectivity index (χ1v) is 4.81. The smallest absolute Gasteiger partial charge is 0.00564 e. The molecule has 0 bridgehead atoms. The van der Waals surface area contributed by atoms with Crippen LogP contribution in [0.25, 0.3) is 6.08 Å². The van der Waals surface area contributed by atoms with E-state index in [0.29, 0.717) is 0 Å². The number of rotatable bonds is 3. The van der Waals surface area contributed by atoms with Crippen molar-refractivity contribution < 1.29 is 0 Å². The molecule has 0 fully saturated rings. The molecule has 13 heavy (non-hydrogen) atoms. The molecule has 0 heterocycles. The Morgan fingerprint density at radius 2 is 1.62 bits per heavy atom. The van der Waals surface area contributed by atoms with Crippen molar-refractivity contribution in [1.82, 2.24) is 0 Å². The predicted molar refractivity (Wildman–Crippen MR) is 58.4 cm³/mol. The van der Waals surface area contributed by atoms with Gasteiger partial charge in [0.05, 0.1) is 0 Å². The van der Waals surface area contributed by atoms with E-state index in [1.807, 2.05) is 6.08 Å². The van der Waals surface area contributed by atoms with E-state index in [9.17, 15) is 0 Å². The van der Waals surface area contributed by atoms with Crippen LogP contribution in [0.5, 0.6) is 0 Å². The van der Waals surface area contributed by atoms with E-state index >= 15 is 0 Å². The van der Waals surface area contributed by atoms with E-state index in [2.05, 4.69) is 32.0 Å². The van der Waals surface area contributed by atoms with Crippen LogP contribution < -0.4 is 5.73 Å². The molecule has 1 nitrogen and oxygen atoms in total. The zero-order chi connectivity index (χ0) is 9.68. The summed E-state index contributed by atoms with van der Waals surface area (Å²) in [6.07, 6.45) is 5.70. The lowest BCUT2D eigenvalue weighted by atomic mass is 10.0. The lowest BCUT2D eigenvalue weighted by molar-refractivity contribution is 1.08. The van der Waals surface area contributed by atoms with Crippen LogP contribution in [0.3, 0.4) is 0 Å². The number of hydrogen-bond donors (Lipinski definition) is 1. The minimum Gasteiger partial charge on any atom is -0.405 e. The fraction of sp³-hybridized carbons (Fsp3) is 0.333. The summed E-state index contributed by atoms with van der Waals surface area (Å²) in [7, 11) is 0. The number of nitrogens with two attached hydrogens (primary N) is 1. The monoisotopic (exact) mass is 175 g/mol. The average Bonchev–Trinajstić information content (AvgIpc) is 2.17. The van der Waals surface area contributed by atoms with E-state index in [4.69, 9.17) is 5.73 Å². The zero-order valence-corrected chi connectivity index (χ0v) is 8.38. The van der Waals surface area contributed by atoms with Crippen molar-refractivity contribution in [2.24, 2.45) is 5.73 Å². The predicted octanol–water partition coefficient (Wildman–Crippen LogP) is 2.74. The molecule has 0 saturated carbocycles. The van der Waals surface area contributed by atoms with Crippen LogP contribution in [0.1, 0.15) is 30.5 Å². The van der Waals surface area contributed by atoms with E-state index in [1.54, 1.807) is 6.20 Å². The van der Waals surface area contributed by atoms with Gasteiger partial charge in [-0.15, -0.1) is 0 Å². The number of hydrogen-bond acceptors (Lipinski definition) is 1. The Morgan fingerprint density at radius 1 is 1.08 bits per heavy atom. The molecule has 0 aliphatic carbocycles. The number of benzene rings is 1. The Labute approximate surface area is 80.3 Å². The Hall–Kier alpha value is -1.24. The lowest BCUT2D eigenvalue weighted by Gasteiger charge is -2.03. The van der Waals surface area contributed by atoms with E-state index in [0.717, 1.165) is 12.8 Å². The molecule has 0 aromatic heterocycles. The van der Waals surface area contributed by atoms with Gasteiger partial charge in [-0.1, -0.05) is 32.0 Å². The summed E-state index contributed by atoms with van der Waals surface area (Å²) < 4.78 is 0. The summed E-state index contributed by atoms with van der Waals surface area (Å²) in [6, 6.07) is 6.62. The van der Waals surface area contributed by atoms with E-state index < -0.39 is 0 Å². The molecule has 0 atom stereocenters. The summed E-state index contributed by atoms with van der Waals surface area (Å²) in [4.78, 5) is 0. The van der Waals surface area contributed by atoms with Gasteiger partial charge in [0.2, 0.25) is 0 Å². The van der Waals surface area contributed by atoms with Crippen LogP contribution in [-0.2, 0) is 12.8 Å². The van der Waals surface area contributed by atoms with Crippen molar-refractivity contribution in [2.45, 2.75) is 26.7 Å². The fourth-order valence-corrected chi connectivity index (χ4v) is 1.41. The summed E-state index contributed by atoms with van der Waals surface area (Å²) >= 11 is 0. The van der Waals surface area contributed by atoms with Crippen LogP contribution in [0.2, 0.25) is 0 Å². The normalized spacial score (nSPS) is 10.9. The quantitative estimate of drug-likeness (QED) is 0.751. The molecule has 0 aliphatic heterocycles. The van der Waals surface area contributed by atoms with Gasteiger partial charge in [-0.25, -0.2) is 0 Å². The van der Waals surface area contributed by atoms with Crippen molar-refractivity contribution in [3.63, 3.8) is 0 Å². The molecule has 0 aliphatic rings. The summed E-state index contributed by atoms with van der Waals surface area (Å²) in [5.41, 5.74) is 9.33. The molecular formula is C12H17N. The van der Waals surface area contributed by atoms with Gasteiger partial charge in [-0.05, 0) is 41.8 Å². The Morgan fingerprint density at radius 3 is 2.00 bits per heavy atom. The molecule has 2 N–H and O–H groups in total. The maximum atomic E-state index is 5.36. The van der Waals surface area contributed by atoms with Crippen LogP contribution >= 0.6 is 0 Å². The van der Waals surface area contributed by atoms with Gasteiger partial charge in [0.25, 0.3) is 0 Å². The van der Waals surface area contributed by atoms with E-state index in [1.165, 1.54) is 16.7 Å². The first kappa shape index (κ1) is 9.85. The molecule has 1 rings (SSSR count). The van der Waals surface area contributed by atoms with Crippen LogP contribution in [-0.4, -0.2) is 0 Å². The summed E-state index contributed by atoms with van der Waals surface area (Å²) in [5, 5.41) is 0. The average molecular weight is 175 g/mol. The molecule has 0 amide bonds. The lowest BCUT2D eigenvalue weighted by Crippen LogP contribution is -1.88.